The lowest BCUT2D eigenvalue weighted by Crippen LogP contribution is -2.47. The molecule has 0 saturated carbocycles. The Bertz CT molecular complexity index is 458. The topological polar surface area (TPSA) is 71.1 Å². The van der Waals surface area contributed by atoms with Gasteiger partial charge in [-0.25, -0.2) is 0 Å². The summed E-state index contributed by atoms with van der Waals surface area (Å²) in [6.07, 6.45) is 2.20. The Morgan fingerprint density at radius 2 is 2.11 bits per heavy atom. The number of amidine groups is 1. The van der Waals surface area contributed by atoms with Gasteiger partial charge in [0.2, 0.25) is 0 Å². The van der Waals surface area contributed by atoms with Crippen LogP contribution >= 0.6 is 0 Å². The lowest BCUT2D eigenvalue weighted by molar-refractivity contribution is -0.00465. The van der Waals surface area contributed by atoms with Crippen LogP contribution in [-0.2, 0) is 4.74 Å². The Morgan fingerprint density at radius 1 is 1.42 bits per heavy atom. The predicted molar refractivity (Wildman–Crippen MR) is 75.8 cm³/mol. The van der Waals surface area contributed by atoms with Crippen molar-refractivity contribution < 1.29 is 9.94 Å². The van der Waals surface area contributed by atoms with Gasteiger partial charge in [-0.3, -0.25) is 0 Å². The first kappa shape index (κ1) is 13.7. The van der Waals surface area contributed by atoms with E-state index in [-0.39, 0.29) is 11.4 Å². The molecule has 0 bridgehead atoms. The van der Waals surface area contributed by atoms with Crippen LogP contribution in [0.3, 0.4) is 0 Å². The third kappa shape index (κ3) is 2.98. The number of ether oxygens (including phenoxy) is 1. The number of rotatable bonds is 3. The second-order valence-corrected chi connectivity index (χ2v) is 5.21. The van der Waals surface area contributed by atoms with E-state index in [0.29, 0.717) is 0 Å². The average Bonchev–Trinajstić information content (AvgIpc) is 2.46. The molecule has 1 aromatic rings. The number of anilines is 1. The van der Waals surface area contributed by atoms with Crippen LogP contribution in [0.5, 0.6) is 0 Å². The third-order valence-corrected chi connectivity index (χ3v) is 3.79. The van der Waals surface area contributed by atoms with Crippen molar-refractivity contribution >= 4 is 11.5 Å². The van der Waals surface area contributed by atoms with Gasteiger partial charge in [0.05, 0.1) is 5.60 Å². The van der Waals surface area contributed by atoms with Crippen molar-refractivity contribution in [1.29, 1.82) is 0 Å². The van der Waals surface area contributed by atoms with Crippen LogP contribution in [0.4, 0.5) is 5.69 Å². The molecule has 1 atom stereocenters. The second-order valence-electron chi connectivity index (χ2n) is 5.21. The van der Waals surface area contributed by atoms with Crippen LogP contribution in [0.1, 0.15) is 25.3 Å². The van der Waals surface area contributed by atoms with Crippen LogP contribution in [-0.4, -0.2) is 36.8 Å². The Hall–Kier alpha value is -1.75. The van der Waals surface area contributed by atoms with Crippen molar-refractivity contribution in [3.05, 3.63) is 29.8 Å². The van der Waals surface area contributed by atoms with Gasteiger partial charge in [-0.1, -0.05) is 5.16 Å². The molecule has 0 aliphatic carbocycles. The summed E-state index contributed by atoms with van der Waals surface area (Å²) < 4.78 is 5.60. The van der Waals surface area contributed by atoms with Crippen LogP contribution in [0, 0.1) is 0 Å². The quantitative estimate of drug-likeness (QED) is 0.377. The Kier molecular flexibility index (Phi) is 3.95. The Labute approximate surface area is 113 Å². The van der Waals surface area contributed by atoms with Crippen molar-refractivity contribution in [3.63, 3.8) is 0 Å². The van der Waals surface area contributed by atoms with Gasteiger partial charge in [0.15, 0.2) is 5.84 Å². The highest BCUT2D eigenvalue weighted by Gasteiger charge is 2.30. The van der Waals surface area contributed by atoms with E-state index in [2.05, 4.69) is 17.0 Å². The van der Waals surface area contributed by atoms with Crippen molar-refractivity contribution in [2.45, 2.75) is 25.4 Å². The molecule has 1 fully saturated rings. The highest BCUT2D eigenvalue weighted by atomic mass is 16.5. The maximum atomic E-state index is 8.64. The minimum atomic E-state index is -0.0808. The van der Waals surface area contributed by atoms with Crippen molar-refractivity contribution in [2.75, 3.05) is 25.1 Å². The van der Waals surface area contributed by atoms with Crippen LogP contribution < -0.4 is 10.6 Å². The van der Waals surface area contributed by atoms with Crippen LogP contribution in [0.2, 0.25) is 0 Å². The SMILES string of the molecule is COC1(C)CCCN(c2ccc(/C(N)=N/O)cc2)C1. The standard InChI is InChI=1S/C14H21N3O2/c1-14(19-2)8-3-9-17(10-14)12-6-4-11(5-7-12)13(15)16-18/h4-7,18H,3,8-10H2,1-2H3,(H2,15,16). The molecule has 1 unspecified atom stereocenters. The number of piperidine rings is 1. The number of oxime groups is 1. The van der Waals surface area contributed by atoms with E-state index in [1.54, 1.807) is 7.11 Å². The van der Waals surface area contributed by atoms with Gasteiger partial charge in [-0.2, -0.15) is 0 Å². The van der Waals surface area contributed by atoms with Crippen molar-refractivity contribution in [3.8, 4) is 0 Å². The highest BCUT2D eigenvalue weighted by Crippen LogP contribution is 2.28. The molecule has 5 nitrogen and oxygen atoms in total. The van der Waals surface area contributed by atoms with E-state index < -0.39 is 0 Å². The minimum absolute atomic E-state index is 0.0808. The van der Waals surface area contributed by atoms with Gasteiger partial charge >= 0.3 is 0 Å². The summed E-state index contributed by atoms with van der Waals surface area (Å²) in [5.74, 6) is 0.131. The minimum Gasteiger partial charge on any atom is -0.409 e. The predicted octanol–water partition coefficient (Wildman–Crippen LogP) is 1.79. The molecule has 1 aromatic carbocycles. The Balaban J connectivity index is 2.14. The average molecular weight is 263 g/mol. The van der Waals surface area contributed by atoms with Crippen LogP contribution in [0.25, 0.3) is 0 Å². The largest absolute Gasteiger partial charge is 0.409 e. The first-order valence-electron chi connectivity index (χ1n) is 6.46. The molecular formula is C14H21N3O2. The first-order chi connectivity index (χ1) is 9.08. The number of nitrogens with zero attached hydrogens (tertiary/aromatic N) is 2. The highest BCUT2D eigenvalue weighted by molar-refractivity contribution is 5.97. The Morgan fingerprint density at radius 3 is 2.68 bits per heavy atom. The molecule has 1 aliphatic rings. The maximum Gasteiger partial charge on any atom is 0.170 e. The lowest BCUT2D eigenvalue weighted by Gasteiger charge is -2.40. The number of nitrogens with two attached hydrogens (primary N) is 1. The van der Waals surface area contributed by atoms with Gasteiger partial charge in [-0.05, 0) is 44.0 Å². The lowest BCUT2D eigenvalue weighted by atomic mass is 9.94. The van der Waals surface area contributed by atoms with E-state index in [9.17, 15) is 0 Å². The fourth-order valence-electron chi connectivity index (χ4n) is 2.49. The monoisotopic (exact) mass is 263 g/mol. The van der Waals surface area contributed by atoms with Gasteiger partial charge in [0.25, 0.3) is 0 Å². The van der Waals surface area contributed by atoms with E-state index in [4.69, 9.17) is 15.7 Å². The van der Waals surface area contributed by atoms with Crippen molar-refractivity contribution in [2.24, 2.45) is 10.9 Å². The molecule has 5 heteroatoms. The fraction of sp³-hybridized carbons (Fsp3) is 0.500. The number of benzene rings is 1. The fourth-order valence-corrected chi connectivity index (χ4v) is 2.49. The van der Waals surface area contributed by atoms with Gasteiger partial charge < -0.3 is 20.6 Å². The molecule has 104 valence electrons. The molecular weight excluding hydrogens is 242 g/mol. The van der Waals surface area contributed by atoms with Gasteiger partial charge in [0.1, 0.15) is 0 Å². The van der Waals surface area contributed by atoms with E-state index >= 15 is 0 Å². The van der Waals surface area contributed by atoms with Crippen LogP contribution in [0.15, 0.2) is 29.4 Å². The van der Waals surface area contributed by atoms with Gasteiger partial charge in [0, 0.05) is 31.5 Å². The molecule has 1 aliphatic heterocycles. The zero-order valence-electron chi connectivity index (χ0n) is 11.5. The summed E-state index contributed by atoms with van der Waals surface area (Å²) in [6.45, 7) is 4.05. The third-order valence-electron chi connectivity index (χ3n) is 3.79. The molecule has 0 spiro atoms. The van der Waals surface area contributed by atoms with Gasteiger partial charge in [-0.15, -0.1) is 0 Å². The first-order valence-corrected chi connectivity index (χ1v) is 6.46. The molecule has 0 radical (unpaired) electrons. The summed E-state index contributed by atoms with van der Waals surface area (Å²) in [5, 5.41) is 11.6. The summed E-state index contributed by atoms with van der Waals surface area (Å²) in [4.78, 5) is 2.31. The van der Waals surface area contributed by atoms with Crippen molar-refractivity contribution in [1.82, 2.24) is 0 Å². The van der Waals surface area contributed by atoms with E-state index in [1.807, 2.05) is 24.3 Å². The smallest absolute Gasteiger partial charge is 0.170 e. The molecule has 1 saturated heterocycles. The molecule has 1 heterocycles. The molecule has 0 amide bonds. The normalized spacial score (nSPS) is 24.5. The molecule has 3 N–H and O–H groups in total. The van der Waals surface area contributed by atoms with E-state index in [1.165, 1.54) is 0 Å². The van der Waals surface area contributed by atoms with E-state index in [0.717, 1.165) is 37.2 Å². The second kappa shape index (κ2) is 5.48. The molecule has 0 aromatic heterocycles. The summed E-state index contributed by atoms with van der Waals surface area (Å²) in [5.41, 5.74) is 7.33. The molecule has 2 rings (SSSR count). The summed E-state index contributed by atoms with van der Waals surface area (Å²) in [7, 11) is 1.77. The number of methoxy groups -OCH3 is 1. The number of hydrogen-bond donors (Lipinski definition) is 2. The maximum absolute atomic E-state index is 8.64. The molecule has 19 heavy (non-hydrogen) atoms. The zero-order chi connectivity index (χ0) is 13.9. The summed E-state index contributed by atoms with van der Waals surface area (Å²) in [6, 6.07) is 7.72. The summed E-state index contributed by atoms with van der Waals surface area (Å²) >= 11 is 0. The zero-order valence-corrected chi connectivity index (χ0v) is 11.5. The number of hydrogen-bond acceptors (Lipinski definition) is 4.